The lowest BCUT2D eigenvalue weighted by molar-refractivity contribution is 0.389. The summed E-state index contributed by atoms with van der Waals surface area (Å²) in [7, 11) is 3.34. The smallest absolute Gasteiger partial charge is 0.143 e. The fourth-order valence-corrected chi connectivity index (χ4v) is 2.92. The van der Waals surface area contributed by atoms with Crippen LogP contribution in [-0.4, -0.2) is 33.7 Å². The zero-order valence-corrected chi connectivity index (χ0v) is 14.2. The van der Waals surface area contributed by atoms with E-state index < -0.39 is 0 Å². The maximum Gasteiger partial charge on any atom is 0.143 e. The number of imidazole rings is 2. The van der Waals surface area contributed by atoms with Crippen molar-refractivity contribution in [2.24, 2.45) is 0 Å². The topological polar surface area (TPSA) is 65.0 Å². The number of hydrogen-bond donors (Lipinski definition) is 1. The Morgan fingerprint density at radius 2 is 2.00 bits per heavy atom. The van der Waals surface area contributed by atoms with Gasteiger partial charge in [0, 0.05) is 43.3 Å². The monoisotopic (exact) mass is 326 g/mol. The van der Waals surface area contributed by atoms with Gasteiger partial charge in [-0.05, 0) is 25.5 Å². The summed E-state index contributed by atoms with van der Waals surface area (Å²) < 4.78 is 13.1. The summed E-state index contributed by atoms with van der Waals surface area (Å²) in [5, 5.41) is 0. The molecular formula is C18H22N4O2. The molecule has 0 saturated heterocycles. The van der Waals surface area contributed by atoms with E-state index in [0.717, 1.165) is 53.7 Å². The van der Waals surface area contributed by atoms with Gasteiger partial charge in [0.25, 0.3) is 0 Å². The predicted octanol–water partition coefficient (Wildman–Crippen LogP) is 3.23. The van der Waals surface area contributed by atoms with Crippen LogP contribution in [-0.2, 0) is 13.0 Å². The molecule has 3 aromatic rings. The largest absolute Gasteiger partial charge is 0.496 e. The van der Waals surface area contributed by atoms with Crippen molar-refractivity contribution in [3.8, 4) is 22.9 Å². The molecule has 126 valence electrons. The summed E-state index contributed by atoms with van der Waals surface area (Å²) >= 11 is 0. The third-order valence-corrected chi connectivity index (χ3v) is 4.10. The van der Waals surface area contributed by atoms with Gasteiger partial charge in [-0.3, -0.25) is 0 Å². The van der Waals surface area contributed by atoms with Crippen LogP contribution >= 0.6 is 0 Å². The Hall–Kier alpha value is -2.76. The van der Waals surface area contributed by atoms with Gasteiger partial charge < -0.3 is 19.0 Å². The molecule has 2 aromatic heterocycles. The highest BCUT2D eigenvalue weighted by atomic mass is 16.5. The van der Waals surface area contributed by atoms with Crippen molar-refractivity contribution in [3.63, 3.8) is 0 Å². The van der Waals surface area contributed by atoms with Crippen LogP contribution in [0, 0.1) is 6.92 Å². The van der Waals surface area contributed by atoms with Crippen LogP contribution in [0.25, 0.3) is 11.4 Å². The van der Waals surface area contributed by atoms with E-state index in [1.54, 1.807) is 20.4 Å². The first-order chi connectivity index (χ1) is 11.7. The molecule has 2 heterocycles. The summed E-state index contributed by atoms with van der Waals surface area (Å²) in [5.74, 6) is 3.52. The van der Waals surface area contributed by atoms with Gasteiger partial charge in [-0.15, -0.1) is 0 Å². The number of rotatable bonds is 7. The van der Waals surface area contributed by atoms with Gasteiger partial charge in [-0.2, -0.15) is 0 Å². The lowest BCUT2D eigenvalue weighted by Crippen LogP contribution is -2.03. The highest BCUT2D eigenvalue weighted by molar-refractivity contribution is 5.69. The molecule has 0 aliphatic carbocycles. The van der Waals surface area contributed by atoms with Crippen LogP contribution in [0.2, 0.25) is 0 Å². The van der Waals surface area contributed by atoms with Crippen molar-refractivity contribution in [2.75, 3.05) is 14.2 Å². The first kappa shape index (κ1) is 16.1. The predicted molar refractivity (Wildman–Crippen MR) is 92.4 cm³/mol. The number of aromatic amines is 1. The van der Waals surface area contributed by atoms with Crippen LogP contribution in [0.15, 0.2) is 36.9 Å². The molecule has 0 atom stereocenters. The normalized spacial score (nSPS) is 10.8. The van der Waals surface area contributed by atoms with E-state index >= 15 is 0 Å². The maximum absolute atomic E-state index is 5.61. The van der Waals surface area contributed by atoms with Crippen molar-refractivity contribution in [2.45, 2.75) is 26.3 Å². The third-order valence-electron chi connectivity index (χ3n) is 4.10. The molecule has 0 saturated carbocycles. The molecule has 24 heavy (non-hydrogen) atoms. The number of nitrogens with zero attached hydrogens (tertiary/aromatic N) is 3. The maximum atomic E-state index is 5.61. The van der Waals surface area contributed by atoms with Crippen molar-refractivity contribution in [1.82, 2.24) is 19.5 Å². The zero-order chi connectivity index (χ0) is 16.9. The molecule has 3 rings (SSSR count). The van der Waals surface area contributed by atoms with Crippen LogP contribution in [0.1, 0.15) is 17.8 Å². The fraction of sp³-hybridized carbons (Fsp3) is 0.333. The number of aryl methyl sites for hydroxylation is 2. The Kier molecular flexibility index (Phi) is 4.84. The summed E-state index contributed by atoms with van der Waals surface area (Å²) in [6, 6.07) is 3.95. The van der Waals surface area contributed by atoms with Crippen molar-refractivity contribution >= 4 is 0 Å². The van der Waals surface area contributed by atoms with Crippen LogP contribution in [0.4, 0.5) is 0 Å². The number of nitrogens with one attached hydrogen (secondary N) is 1. The molecule has 6 nitrogen and oxygen atoms in total. The molecule has 0 spiro atoms. The molecular weight excluding hydrogens is 304 g/mol. The number of benzene rings is 1. The number of methoxy groups -OCH3 is 2. The molecule has 0 radical (unpaired) electrons. The Balaban J connectivity index is 1.83. The average Bonchev–Trinajstić information content (AvgIpc) is 3.26. The van der Waals surface area contributed by atoms with Crippen molar-refractivity contribution in [3.05, 3.63) is 48.3 Å². The second kappa shape index (κ2) is 7.21. The quantitative estimate of drug-likeness (QED) is 0.724. The van der Waals surface area contributed by atoms with E-state index in [2.05, 4.69) is 19.5 Å². The van der Waals surface area contributed by atoms with Crippen LogP contribution in [0.5, 0.6) is 11.5 Å². The fourth-order valence-electron chi connectivity index (χ4n) is 2.92. The molecule has 0 aliphatic heterocycles. The van der Waals surface area contributed by atoms with Gasteiger partial charge >= 0.3 is 0 Å². The van der Waals surface area contributed by atoms with Gasteiger partial charge in [-0.25, -0.2) is 9.97 Å². The SMILES string of the molecule is COc1ccc(-c2nccn2CCCc2ncc[nH]2)c(OC)c1C. The van der Waals surface area contributed by atoms with E-state index in [9.17, 15) is 0 Å². The lowest BCUT2D eigenvalue weighted by Gasteiger charge is -2.15. The number of hydrogen-bond acceptors (Lipinski definition) is 4. The zero-order valence-electron chi connectivity index (χ0n) is 14.2. The Bertz CT molecular complexity index is 793. The number of aromatic nitrogens is 4. The standard InChI is InChI=1S/C18H22N4O2/c1-13-15(23-2)7-6-14(17(13)24-3)18-21-10-12-22(18)11-4-5-16-19-8-9-20-16/h6-10,12H,4-5,11H2,1-3H3,(H,19,20). The summed E-state index contributed by atoms with van der Waals surface area (Å²) in [4.78, 5) is 11.9. The number of H-pyrrole nitrogens is 1. The first-order valence-electron chi connectivity index (χ1n) is 7.96. The lowest BCUT2D eigenvalue weighted by atomic mass is 10.1. The molecule has 0 amide bonds. The van der Waals surface area contributed by atoms with Gasteiger partial charge in [0.15, 0.2) is 0 Å². The van der Waals surface area contributed by atoms with E-state index in [1.807, 2.05) is 37.6 Å². The summed E-state index contributed by atoms with van der Waals surface area (Å²) in [6.45, 7) is 2.86. The number of ether oxygens (including phenoxy) is 2. The highest BCUT2D eigenvalue weighted by Gasteiger charge is 2.16. The molecule has 0 unspecified atom stereocenters. The van der Waals surface area contributed by atoms with Crippen LogP contribution in [0.3, 0.4) is 0 Å². The van der Waals surface area contributed by atoms with Gasteiger partial charge in [0.05, 0.1) is 19.8 Å². The molecule has 0 aliphatic rings. The van der Waals surface area contributed by atoms with Gasteiger partial charge in [-0.1, -0.05) is 0 Å². The van der Waals surface area contributed by atoms with Gasteiger partial charge in [0.1, 0.15) is 23.1 Å². The Labute approximate surface area is 141 Å². The van der Waals surface area contributed by atoms with E-state index in [1.165, 1.54) is 0 Å². The third kappa shape index (κ3) is 3.13. The molecule has 6 heteroatoms. The Morgan fingerprint density at radius 1 is 1.12 bits per heavy atom. The first-order valence-corrected chi connectivity index (χ1v) is 7.96. The minimum atomic E-state index is 0.799. The molecule has 1 N–H and O–H groups in total. The average molecular weight is 326 g/mol. The van der Waals surface area contributed by atoms with E-state index in [0.29, 0.717) is 0 Å². The van der Waals surface area contributed by atoms with Gasteiger partial charge in [0.2, 0.25) is 0 Å². The molecule has 1 aromatic carbocycles. The molecule has 0 bridgehead atoms. The van der Waals surface area contributed by atoms with E-state index in [4.69, 9.17) is 9.47 Å². The van der Waals surface area contributed by atoms with E-state index in [-0.39, 0.29) is 0 Å². The second-order valence-electron chi connectivity index (χ2n) is 5.56. The summed E-state index contributed by atoms with van der Waals surface area (Å²) in [5.41, 5.74) is 1.95. The summed E-state index contributed by atoms with van der Waals surface area (Å²) in [6.07, 6.45) is 9.33. The molecule has 0 fully saturated rings. The second-order valence-corrected chi connectivity index (χ2v) is 5.56. The minimum absolute atomic E-state index is 0.799. The van der Waals surface area contributed by atoms with Crippen molar-refractivity contribution < 1.29 is 9.47 Å². The Morgan fingerprint density at radius 3 is 2.71 bits per heavy atom. The van der Waals surface area contributed by atoms with Crippen LogP contribution < -0.4 is 9.47 Å². The van der Waals surface area contributed by atoms with Crippen molar-refractivity contribution in [1.29, 1.82) is 0 Å². The minimum Gasteiger partial charge on any atom is -0.496 e. The highest BCUT2D eigenvalue weighted by Crippen LogP contribution is 2.37.